The standard InChI is InChI=1S/C16H12BrNO4/c17-13-5-1-11(2-6-13)15(19)9-10-16(20)12-3-7-14(8-4-12)18(21)22/h1-8H,9-10H2. The van der Waals surface area contributed by atoms with Crippen molar-refractivity contribution in [2.45, 2.75) is 12.8 Å². The lowest BCUT2D eigenvalue weighted by Crippen LogP contribution is -2.05. The molecule has 2 aromatic carbocycles. The van der Waals surface area contributed by atoms with E-state index in [0.29, 0.717) is 11.1 Å². The molecule has 6 heteroatoms. The number of carbonyl (C=O) groups is 2. The van der Waals surface area contributed by atoms with Crippen LogP contribution in [0.4, 0.5) is 5.69 Å². The van der Waals surface area contributed by atoms with Gasteiger partial charge in [0, 0.05) is 40.6 Å². The van der Waals surface area contributed by atoms with E-state index in [1.54, 1.807) is 24.3 Å². The SMILES string of the molecule is O=C(CCC(=O)c1ccc([N+](=O)[O-])cc1)c1ccc(Br)cc1. The molecule has 0 saturated carbocycles. The smallest absolute Gasteiger partial charge is 0.269 e. The van der Waals surface area contributed by atoms with Gasteiger partial charge in [0.2, 0.25) is 0 Å². The fourth-order valence-electron chi connectivity index (χ4n) is 1.92. The Kier molecular flexibility index (Phi) is 5.16. The molecule has 0 aliphatic carbocycles. The molecular formula is C16H12BrNO4. The Labute approximate surface area is 135 Å². The number of carbonyl (C=O) groups excluding carboxylic acids is 2. The molecule has 0 radical (unpaired) electrons. The number of non-ortho nitro benzene ring substituents is 1. The van der Waals surface area contributed by atoms with E-state index in [1.807, 2.05) is 0 Å². The van der Waals surface area contributed by atoms with Crippen molar-refractivity contribution in [1.82, 2.24) is 0 Å². The Bertz CT molecular complexity index is 708. The zero-order valence-corrected chi connectivity index (χ0v) is 13.1. The third-order valence-electron chi connectivity index (χ3n) is 3.15. The van der Waals surface area contributed by atoms with Crippen molar-refractivity contribution in [2.24, 2.45) is 0 Å². The van der Waals surface area contributed by atoms with E-state index in [4.69, 9.17) is 0 Å². The fourth-order valence-corrected chi connectivity index (χ4v) is 2.18. The lowest BCUT2D eigenvalue weighted by molar-refractivity contribution is -0.384. The summed E-state index contributed by atoms with van der Waals surface area (Å²) in [4.78, 5) is 34.0. The van der Waals surface area contributed by atoms with Crippen LogP contribution in [0.25, 0.3) is 0 Å². The lowest BCUT2D eigenvalue weighted by Gasteiger charge is -2.02. The zero-order valence-electron chi connectivity index (χ0n) is 11.5. The maximum Gasteiger partial charge on any atom is 0.269 e. The van der Waals surface area contributed by atoms with Crippen molar-refractivity contribution in [3.63, 3.8) is 0 Å². The van der Waals surface area contributed by atoms with Crippen LogP contribution in [-0.4, -0.2) is 16.5 Å². The van der Waals surface area contributed by atoms with Crippen LogP contribution in [0, 0.1) is 10.1 Å². The van der Waals surface area contributed by atoms with Crippen molar-refractivity contribution in [1.29, 1.82) is 0 Å². The molecule has 0 unspecified atom stereocenters. The van der Waals surface area contributed by atoms with Crippen molar-refractivity contribution < 1.29 is 14.5 Å². The van der Waals surface area contributed by atoms with E-state index < -0.39 is 4.92 Å². The van der Waals surface area contributed by atoms with Gasteiger partial charge in [0.15, 0.2) is 11.6 Å². The molecule has 0 heterocycles. The normalized spacial score (nSPS) is 10.2. The summed E-state index contributed by atoms with van der Waals surface area (Å²) in [5, 5.41) is 10.6. The Morgan fingerprint density at radius 2 is 1.27 bits per heavy atom. The molecular weight excluding hydrogens is 350 g/mol. The van der Waals surface area contributed by atoms with Gasteiger partial charge in [0.25, 0.3) is 5.69 Å². The average molecular weight is 362 g/mol. The Morgan fingerprint density at radius 1 is 0.864 bits per heavy atom. The third kappa shape index (κ3) is 4.08. The summed E-state index contributed by atoms with van der Waals surface area (Å²) in [5.74, 6) is -0.317. The Hall–Kier alpha value is -2.34. The van der Waals surface area contributed by atoms with Crippen molar-refractivity contribution >= 4 is 33.2 Å². The minimum Gasteiger partial charge on any atom is -0.294 e. The van der Waals surface area contributed by atoms with Crippen LogP contribution >= 0.6 is 15.9 Å². The van der Waals surface area contributed by atoms with E-state index in [9.17, 15) is 19.7 Å². The van der Waals surface area contributed by atoms with Gasteiger partial charge in [-0.3, -0.25) is 19.7 Å². The molecule has 2 aromatic rings. The highest BCUT2D eigenvalue weighted by Gasteiger charge is 2.12. The lowest BCUT2D eigenvalue weighted by atomic mass is 10.0. The second-order valence-corrected chi connectivity index (χ2v) is 5.57. The van der Waals surface area contributed by atoms with E-state index in [1.165, 1.54) is 24.3 Å². The minimum absolute atomic E-state index is 0.0671. The highest BCUT2D eigenvalue weighted by atomic mass is 79.9. The number of Topliss-reactive ketones (excluding diaryl/α,β-unsaturated/α-hetero) is 2. The first-order valence-corrected chi connectivity index (χ1v) is 7.33. The van der Waals surface area contributed by atoms with Gasteiger partial charge in [0.05, 0.1) is 4.92 Å². The predicted molar refractivity (Wildman–Crippen MR) is 85.1 cm³/mol. The molecule has 0 aromatic heterocycles. The molecule has 5 nitrogen and oxygen atoms in total. The summed E-state index contributed by atoms with van der Waals surface area (Å²) in [6.45, 7) is 0. The van der Waals surface area contributed by atoms with Crippen LogP contribution < -0.4 is 0 Å². The molecule has 0 aliphatic heterocycles. The van der Waals surface area contributed by atoms with Crippen molar-refractivity contribution in [2.75, 3.05) is 0 Å². The third-order valence-corrected chi connectivity index (χ3v) is 3.67. The highest BCUT2D eigenvalue weighted by molar-refractivity contribution is 9.10. The van der Waals surface area contributed by atoms with Gasteiger partial charge in [-0.05, 0) is 24.3 Å². The van der Waals surface area contributed by atoms with Crippen molar-refractivity contribution in [3.8, 4) is 0 Å². The second kappa shape index (κ2) is 7.09. The van der Waals surface area contributed by atoms with E-state index >= 15 is 0 Å². The molecule has 112 valence electrons. The molecule has 22 heavy (non-hydrogen) atoms. The van der Waals surface area contributed by atoms with E-state index in [0.717, 1.165) is 4.47 Å². The highest BCUT2D eigenvalue weighted by Crippen LogP contribution is 2.16. The van der Waals surface area contributed by atoms with Crippen LogP contribution in [-0.2, 0) is 0 Å². The topological polar surface area (TPSA) is 77.3 Å². The molecule has 0 aliphatic rings. The van der Waals surface area contributed by atoms with Crippen LogP contribution in [0.3, 0.4) is 0 Å². The molecule has 2 rings (SSSR count). The summed E-state index contributed by atoms with van der Waals surface area (Å²) >= 11 is 3.29. The number of ketones is 2. The van der Waals surface area contributed by atoms with Gasteiger partial charge in [-0.15, -0.1) is 0 Å². The molecule has 0 N–H and O–H groups in total. The largest absolute Gasteiger partial charge is 0.294 e. The Balaban J connectivity index is 1.96. The summed E-state index contributed by atoms with van der Waals surface area (Å²) in [6.07, 6.45) is 0.185. The minimum atomic E-state index is -0.523. The van der Waals surface area contributed by atoms with E-state index in [-0.39, 0.29) is 30.1 Å². The first kappa shape index (κ1) is 16.0. The summed E-state index contributed by atoms with van der Waals surface area (Å²) in [6, 6.07) is 12.3. The molecule has 0 atom stereocenters. The quantitative estimate of drug-likeness (QED) is 0.438. The number of nitrogens with zero attached hydrogens (tertiary/aromatic N) is 1. The van der Waals surface area contributed by atoms with Crippen LogP contribution in [0.5, 0.6) is 0 Å². The molecule has 0 spiro atoms. The van der Waals surface area contributed by atoms with Gasteiger partial charge in [-0.2, -0.15) is 0 Å². The number of benzene rings is 2. The van der Waals surface area contributed by atoms with Crippen LogP contribution in [0.15, 0.2) is 53.0 Å². The molecule has 0 saturated heterocycles. The van der Waals surface area contributed by atoms with Gasteiger partial charge >= 0.3 is 0 Å². The zero-order chi connectivity index (χ0) is 16.1. The Morgan fingerprint density at radius 3 is 1.68 bits per heavy atom. The number of rotatable bonds is 6. The maximum absolute atomic E-state index is 12.0. The maximum atomic E-state index is 12.0. The number of nitro groups is 1. The summed E-state index contributed by atoms with van der Waals surface area (Å²) < 4.78 is 0.881. The van der Waals surface area contributed by atoms with Crippen molar-refractivity contribution in [3.05, 3.63) is 74.2 Å². The molecule has 0 bridgehead atoms. The van der Waals surface area contributed by atoms with Gasteiger partial charge in [-0.1, -0.05) is 28.1 Å². The molecule has 0 fully saturated rings. The number of halogens is 1. The van der Waals surface area contributed by atoms with Gasteiger partial charge in [-0.25, -0.2) is 0 Å². The first-order chi connectivity index (χ1) is 10.5. The monoisotopic (exact) mass is 361 g/mol. The number of hydrogen-bond acceptors (Lipinski definition) is 4. The average Bonchev–Trinajstić information content (AvgIpc) is 2.53. The van der Waals surface area contributed by atoms with Gasteiger partial charge < -0.3 is 0 Å². The fraction of sp³-hybridized carbons (Fsp3) is 0.125. The second-order valence-electron chi connectivity index (χ2n) is 4.66. The predicted octanol–water partition coefficient (Wildman–Crippen LogP) is 4.20. The van der Waals surface area contributed by atoms with E-state index in [2.05, 4.69) is 15.9 Å². The first-order valence-electron chi connectivity index (χ1n) is 6.54. The number of nitro benzene ring substituents is 1. The van der Waals surface area contributed by atoms with Crippen LogP contribution in [0.1, 0.15) is 33.6 Å². The van der Waals surface area contributed by atoms with Gasteiger partial charge in [0.1, 0.15) is 0 Å². The summed E-state index contributed by atoms with van der Waals surface area (Å²) in [7, 11) is 0. The summed E-state index contributed by atoms with van der Waals surface area (Å²) in [5.41, 5.74) is 0.858. The molecule has 0 amide bonds. The van der Waals surface area contributed by atoms with Crippen LogP contribution in [0.2, 0.25) is 0 Å². The number of hydrogen-bond donors (Lipinski definition) is 0.